The lowest BCUT2D eigenvalue weighted by molar-refractivity contribution is 0.287. The average molecular weight is 221 g/mol. The molecule has 0 spiro atoms. The molecule has 1 aromatic rings. The van der Waals surface area contributed by atoms with Crippen molar-refractivity contribution in [3.63, 3.8) is 0 Å². The minimum Gasteiger partial charge on any atom is -0.310 e. The van der Waals surface area contributed by atoms with Crippen LogP contribution < -0.4 is 5.32 Å². The van der Waals surface area contributed by atoms with Crippen molar-refractivity contribution in [2.75, 3.05) is 6.54 Å². The highest BCUT2D eigenvalue weighted by atomic mass is 19.1. The molecule has 1 fully saturated rings. The van der Waals surface area contributed by atoms with Crippen LogP contribution in [0.4, 0.5) is 4.39 Å². The smallest absolute Gasteiger partial charge is 0.123 e. The van der Waals surface area contributed by atoms with Gasteiger partial charge in [0, 0.05) is 6.04 Å². The molecular weight excluding hydrogens is 201 g/mol. The van der Waals surface area contributed by atoms with Gasteiger partial charge in [0.15, 0.2) is 0 Å². The molecule has 0 saturated heterocycles. The molecule has 1 aliphatic carbocycles. The van der Waals surface area contributed by atoms with Gasteiger partial charge >= 0.3 is 0 Å². The van der Waals surface area contributed by atoms with Gasteiger partial charge in [-0.15, -0.1) is 0 Å². The Morgan fingerprint density at radius 3 is 2.81 bits per heavy atom. The van der Waals surface area contributed by atoms with Crippen molar-refractivity contribution in [3.8, 4) is 0 Å². The number of hydrogen-bond acceptors (Lipinski definition) is 1. The van der Waals surface area contributed by atoms with Gasteiger partial charge in [-0.1, -0.05) is 25.5 Å². The number of rotatable bonds is 5. The Bertz CT molecular complexity index is 333. The second-order valence-electron chi connectivity index (χ2n) is 4.72. The maximum atomic E-state index is 13.1. The first-order valence-corrected chi connectivity index (χ1v) is 6.28. The lowest BCUT2D eigenvalue weighted by atomic mass is 9.85. The van der Waals surface area contributed by atoms with Crippen molar-refractivity contribution < 1.29 is 4.39 Å². The van der Waals surface area contributed by atoms with Gasteiger partial charge in [0.2, 0.25) is 0 Å². The third-order valence-corrected chi connectivity index (χ3v) is 3.54. The molecule has 0 heterocycles. The Morgan fingerprint density at radius 1 is 1.44 bits per heavy atom. The fourth-order valence-corrected chi connectivity index (χ4v) is 2.23. The predicted molar refractivity (Wildman–Crippen MR) is 64.8 cm³/mol. The first kappa shape index (κ1) is 11.6. The molecule has 0 radical (unpaired) electrons. The Hall–Kier alpha value is -0.890. The van der Waals surface area contributed by atoms with Crippen LogP contribution in [-0.2, 0) is 0 Å². The van der Waals surface area contributed by atoms with Gasteiger partial charge < -0.3 is 5.32 Å². The van der Waals surface area contributed by atoms with Crippen LogP contribution in [0.2, 0.25) is 0 Å². The third kappa shape index (κ3) is 2.82. The van der Waals surface area contributed by atoms with E-state index in [9.17, 15) is 4.39 Å². The lowest BCUT2D eigenvalue weighted by Gasteiger charge is -2.28. The zero-order chi connectivity index (χ0) is 11.4. The molecule has 16 heavy (non-hydrogen) atoms. The molecule has 0 bridgehead atoms. The molecule has 2 heteroatoms. The predicted octanol–water partition coefficient (Wildman–Crippen LogP) is 3.67. The number of halogens is 1. The topological polar surface area (TPSA) is 12.0 Å². The maximum absolute atomic E-state index is 13.1. The van der Waals surface area contributed by atoms with Gasteiger partial charge in [0.25, 0.3) is 0 Å². The summed E-state index contributed by atoms with van der Waals surface area (Å²) < 4.78 is 13.1. The van der Waals surface area contributed by atoms with E-state index in [1.807, 2.05) is 6.07 Å². The van der Waals surface area contributed by atoms with Crippen LogP contribution >= 0.6 is 0 Å². The van der Waals surface area contributed by atoms with Crippen LogP contribution in [0.15, 0.2) is 24.3 Å². The van der Waals surface area contributed by atoms with E-state index in [1.165, 1.54) is 25.3 Å². The van der Waals surface area contributed by atoms with Crippen molar-refractivity contribution in [2.45, 2.75) is 38.6 Å². The maximum Gasteiger partial charge on any atom is 0.123 e. The fraction of sp³-hybridized carbons (Fsp3) is 0.571. The van der Waals surface area contributed by atoms with Gasteiger partial charge in [-0.3, -0.25) is 0 Å². The molecule has 2 rings (SSSR count). The van der Waals surface area contributed by atoms with E-state index in [0.29, 0.717) is 6.04 Å². The summed E-state index contributed by atoms with van der Waals surface area (Å²) in [5.41, 5.74) is 1.07. The molecular formula is C14H20FN. The first-order chi connectivity index (χ1) is 7.79. The molecule has 1 aromatic carbocycles. The van der Waals surface area contributed by atoms with Gasteiger partial charge in [0.1, 0.15) is 5.82 Å². The number of nitrogens with one attached hydrogen (secondary N) is 1. The highest BCUT2D eigenvalue weighted by molar-refractivity contribution is 5.20. The molecule has 0 aliphatic heterocycles. The van der Waals surface area contributed by atoms with Crippen LogP contribution in [0.3, 0.4) is 0 Å². The zero-order valence-electron chi connectivity index (χ0n) is 9.88. The first-order valence-electron chi connectivity index (χ1n) is 6.28. The summed E-state index contributed by atoms with van der Waals surface area (Å²) >= 11 is 0. The van der Waals surface area contributed by atoms with Crippen LogP contribution in [0.5, 0.6) is 0 Å². The average Bonchev–Trinajstić information content (AvgIpc) is 2.22. The summed E-state index contributed by atoms with van der Waals surface area (Å²) in [5.74, 6) is 0.712. The molecule has 1 N–H and O–H groups in total. The molecule has 1 aliphatic rings. The Kier molecular flexibility index (Phi) is 3.94. The Morgan fingerprint density at radius 2 is 2.25 bits per heavy atom. The van der Waals surface area contributed by atoms with Crippen molar-refractivity contribution in [2.24, 2.45) is 5.92 Å². The number of hydrogen-bond donors (Lipinski definition) is 1. The Labute approximate surface area is 97.1 Å². The van der Waals surface area contributed by atoms with Crippen molar-refractivity contribution in [1.82, 2.24) is 5.32 Å². The monoisotopic (exact) mass is 221 g/mol. The normalized spacial score (nSPS) is 18.1. The second-order valence-corrected chi connectivity index (χ2v) is 4.72. The summed E-state index contributed by atoms with van der Waals surface area (Å²) in [6, 6.07) is 7.24. The zero-order valence-corrected chi connectivity index (χ0v) is 9.88. The molecule has 0 aromatic heterocycles. The molecule has 0 amide bonds. The van der Waals surface area contributed by atoms with E-state index < -0.39 is 0 Å². The van der Waals surface area contributed by atoms with Crippen molar-refractivity contribution >= 4 is 0 Å². The molecule has 1 nitrogen and oxygen atoms in total. The van der Waals surface area contributed by atoms with E-state index in [1.54, 1.807) is 12.1 Å². The summed E-state index contributed by atoms with van der Waals surface area (Å²) in [4.78, 5) is 0. The summed E-state index contributed by atoms with van der Waals surface area (Å²) in [6.45, 7) is 3.22. The standard InChI is InChI=1S/C14H20FN/c1-2-14(16-10-11-5-3-6-11)12-7-4-8-13(15)9-12/h4,7-9,11,14,16H,2-3,5-6,10H2,1H3. The van der Waals surface area contributed by atoms with E-state index in [0.717, 1.165) is 24.4 Å². The van der Waals surface area contributed by atoms with E-state index in [2.05, 4.69) is 12.2 Å². The minimum absolute atomic E-state index is 0.138. The van der Waals surface area contributed by atoms with Gasteiger partial charge in [-0.05, 0) is 49.4 Å². The molecule has 1 unspecified atom stereocenters. The van der Waals surface area contributed by atoms with E-state index in [4.69, 9.17) is 0 Å². The van der Waals surface area contributed by atoms with Crippen LogP contribution in [0.1, 0.15) is 44.2 Å². The highest BCUT2D eigenvalue weighted by Crippen LogP contribution is 2.26. The fourth-order valence-electron chi connectivity index (χ4n) is 2.23. The largest absolute Gasteiger partial charge is 0.310 e. The van der Waals surface area contributed by atoms with Crippen LogP contribution in [-0.4, -0.2) is 6.54 Å². The van der Waals surface area contributed by atoms with E-state index in [-0.39, 0.29) is 5.82 Å². The summed E-state index contributed by atoms with van der Waals surface area (Å²) in [5, 5.41) is 3.55. The van der Waals surface area contributed by atoms with Crippen molar-refractivity contribution in [1.29, 1.82) is 0 Å². The van der Waals surface area contributed by atoms with Gasteiger partial charge in [-0.2, -0.15) is 0 Å². The number of benzene rings is 1. The van der Waals surface area contributed by atoms with Gasteiger partial charge in [0.05, 0.1) is 0 Å². The highest BCUT2D eigenvalue weighted by Gasteiger charge is 2.18. The molecule has 1 saturated carbocycles. The molecule has 1 atom stereocenters. The summed E-state index contributed by atoms with van der Waals surface area (Å²) in [7, 11) is 0. The SMILES string of the molecule is CCC(NCC1CCC1)c1cccc(F)c1. The van der Waals surface area contributed by atoms with E-state index >= 15 is 0 Å². The van der Waals surface area contributed by atoms with Gasteiger partial charge in [-0.25, -0.2) is 4.39 Å². The molecule has 88 valence electrons. The van der Waals surface area contributed by atoms with Crippen molar-refractivity contribution in [3.05, 3.63) is 35.6 Å². The van der Waals surface area contributed by atoms with Crippen LogP contribution in [0.25, 0.3) is 0 Å². The minimum atomic E-state index is -0.138. The lowest BCUT2D eigenvalue weighted by Crippen LogP contribution is -2.30. The third-order valence-electron chi connectivity index (χ3n) is 3.54. The summed E-state index contributed by atoms with van der Waals surface area (Å²) in [6.07, 6.45) is 5.10. The van der Waals surface area contributed by atoms with Crippen LogP contribution in [0, 0.1) is 11.7 Å². The second kappa shape index (κ2) is 5.44. The Balaban J connectivity index is 1.92. The quantitative estimate of drug-likeness (QED) is 0.800.